The van der Waals surface area contributed by atoms with Crippen LogP contribution >= 0.6 is 11.8 Å². The maximum atomic E-state index is 10.9. The van der Waals surface area contributed by atoms with Gasteiger partial charge in [0.15, 0.2) is 5.12 Å². The van der Waals surface area contributed by atoms with E-state index >= 15 is 0 Å². The molecule has 88 valence electrons. The summed E-state index contributed by atoms with van der Waals surface area (Å²) in [6, 6.07) is 10.1. The first kappa shape index (κ1) is 11.9. The second kappa shape index (κ2) is 5.68. The molecule has 1 aromatic carbocycles. The smallest absolute Gasteiger partial charge is 0.185 e. The third kappa shape index (κ3) is 3.20. The molecule has 0 saturated carbocycles. The van der Waals surface area contributed by atoms with Crippen molar-refractivity contribution in [1.29, 1.82) is 0 Å². The van der Waals surface area contributed by atoms with E-state index in [1.807, 2.05) is 36.5 Å². The minimum atomic E-state index is 0.155. The molecule has 0 N–H and O–H groups in total. The standard InChI is InChI=1S/C13H14N2OS/c1-11(16)17-10-7-13-14-8-9-15(13)12-5-3-2-4-6-12/h2-6,8-9H,7,10H2,1H3. The van der Waals surface area contributed by atoms with Crippen molar-refractivity contribution >= 4 is 16.9 Å². The largest absolute Gasteiger partial charge is 0.304 e. The van der Waals surface area contributed by atoms with Crippen molar-refractivity contribution in [2.24, 2.45) is 0 Å². The quantitative estimate of drug-likeness (QED) is 0.832. The molecule has 0 spiro atoms. The van der Waals surface area contributed by atoms with E-state index < -0.39 is 0 Å². The summed E-state index contributed by atoms with van der Waals surface area (Å²) in [5.74, 6) is 1.77. The molecule has 17 heavy (non-hydrogen) atoms. The molecule has 1 heterocycles. The van der Waals surface area contributed by atoms with Crippen LogP contribution < -0.4 is 0 Å². The maximum absolute atomic E-state index is 10.9. The summed E-state index contributed by atoms with van der Waals surface area (Å²) in [4.78, 5) is 15.2. The number of imidazole rings is 1. The highest BCUT2D eigenvalue weighted by Gasteiger charge is 2.05. The molecule has 3 nitrogen and oxygen atoms in total. The van der Waals surface area contributed by atoms with Crippen molar-refractivity contribution in [2.75, 3.05) is 5.75 Å². The number of hydrogen-bond acceptors (Lipinski definition) is 3. The van der Waals surface area contributed by atoms with E-state index in [1.165, 1.54) is 11.8 Å². The predicted octanol–water partition coefficient (Wildman–Crippen LogP) is 2.69. The highest BCUT2D eigenvalue weighted by Crippen LogP contribution is 2.12. The van der Waals surface area contributed by atoms with Crippen LogP contribution in [0.25, 0.3) is 5.69 Å². The third-order valence-electron chi connectivity index (χ3n) is 2.38. The molecule has 0 amide bonds. The van der Waals surface area contributed by atoms with E-state index in [1.54, 1.807) is 13.1 Å². The lowest BCUT2D eigenvalue weighted by Crippen LogP contribution is -2.02. The molecule has 0 aliphatic heterocycles. The van der Waals surface area contributed by atoms with Gasteiger partial charge in [0.25, 0.3) is 0 Å². The van der Waals surface area contributed by atoms with Crippen LogP contribution in [0.3, 0.4) is 0 Å². The number of benzene rings is 1. The zero-order valence-electron chi connectivity index (χ0n) is 9.67. The van der Waals surface area contributed by atoms with E-state index in [2.05, 4.69) is 9.55 Å². The van der Waals surface area contributed by atoms with Gasteiger partial charge in [-0.25, -0.2) is 4.98 Å². The average molecular weight is 246 g/mol. The Balaban J connectivity index is 2.10. The molecule has 0 fully saturated rings. The highest BCUT2D eigenvalue weighted by atomic mass is 32.2. The summed E-state index contributed by atoms with van der Waals surface area (Å²) in [5, 5.41) is 0.155. The predicted molar refractivity (Wildman–Crippen MR) is 70.4 cm³/mol. The molecule has 4 heteroatoms. The molecular weight excluding hydrogens is 232 g/mol. The van der Waals surface area contributed by atoms with Crippen LogP contribution in [0.2, 0.25) is 0 Å². The first-order chi connectivity index (χ1) is 8.27. The van der Waals surface area contributed by atoms with E-state index in [9.17, 15) is 4.79 Å². The van der Waals surface area contributed by atoms with Gasteiger partial charge in [0, 0.05) is 37.2 Å². The lowest BCUT2D eigenvalue weighted by Gasteiger charge is -2.06. The Kier molecular flexibility index (Phi) is 3.98. The Morgan fingerprint density at radius 2 is 2.12 bits per heavy atom. The van der Waals surface area contributed by atoms with E-state index in [-0.39, 0.29) is 5.12 Å². The molecule has 2 aromatic rings. The first-order valence-electron chi connectivity index (χ1n) is 5.48. The second-order valence-corrected chi connectivity index (χ2v) is 4.91. The van der Waals surface area contributed by atoms with Crippen molar-refractivity contribution in [2.45, 2.75) is 13.3 Å². The average Bonchev–Trinajstić information content (AvgIpc) is 2.78. The Morgan fingerprint density at radius 3 is 2.82 bits per heavy atom. The highest BCUT2D eigenvalue weighted by molar-refractivity contribution is 8.13. The first-order valence-corrected chi connectivity index (χ1v) is 6.47. The third-order valence-corrected chi connectivity index (χ3v) is 3.20. The normalized spacial score (nSPS) is 10.4. The van der Waals surface area contributed by atoms with Crippen LogP contribution in [0.15, 0.2) is 42.7 Å². The van der Waals surface area contributed by atoms with Crippen LogP contribution in [0, 0.1) is 0 Å². The Labute approximate surface area is 105 Å². The topological polar surface area (TPSA) is 34.9 Å². The van der Waals surface area contributed by atoms with Gasteiger partial charge in [0.05, 0.1) is 0 Å². The van der Waals surface area contributed by atoms with Crippen molar-refractivity contribution in [3.63, 3.8) is 0 Å². The van der Waals surface area contributed by atoms with Crippen LogP contribution in [0.1, 0.15) is 12.7 Å². The van der Waals surface area contributed by atoms with Gasteiger partial charge in [-0.1, -0.05) is 30.0 Å². The zero-order valence-corrected chi connectivity index (χ0v) is 10.5. The van der Waals surface area contributed by atoms with Gasteiger partial charge in [0.2, 0.25) is 0 Å². The molecule has 0 saturated heterocycles. The summed E-state index contributed by atoms with van der Waals surface area (Å²) >= 11 is 1.34. The fourth-order valence-electron chi connectivity index (χ4n) is 1.63. The van der Waals surface area contributed by atoms with Crippen LogP contribution in [0.4, 0.5) is 0 Å². The maximum Gasteiger partial charge on any atom is 0.185 e. The van der Waals surface area contributed by atoms with Crippen molar-refractivity contribution < 1.29 is 4.79 Å². The number of nitrogens with zero attached hydrogens (tertiary/aromatic N) is 2. The second-order valence-electron chi connectivity index (χ2n) is 3.64. The fraction of sp³-hybridized carbons (Fsp3) is 0.231. The number of carbonyl (C=O) groups excluding carboxylic acids is 1. The lowest BCUT2D eigenvalue weighted by atomic mass is 10.3. The number of hydrogen-bond donors (Lipinski definition) is 0. The summed E-state index contributed by atoms with van der Waals surface area (Å²) in [6.07, 6.45) is 4.54. The van der Waals surface area contributed by atoms with E-state index in [4.69, 9.17) is 0 Å². The number of para-hydroxylation sites is 1. The molecule has 0 aliphatic carbocycles. The minimum Gasteiger partial charge on any atom is -0.304 e. The van der Waals surface area contributed by atoms with Crippen LogP contribution in [0.5, 0.6) is 0 Å². The summed E-state index contributed by atoms with van der Waals surface area (Å²) in [7, 11) is 0. The molecule has 0 bridgehead atoms. The Hall–Kier alpha value is -1.55. The number of rotatable bonds is 4. The van der Waals surface area contributed by atoms with Crippen LogP contribution in [-0.4, -0.2) is 20.4 Å². The van der Waals surface area contributed by atoms with Gasteiger partial charge in [-0.3, -0.25) is 4.79 Å². The molecule has 1 aromatic heterocycles. The zero-order chi connectivity index (χ0) is 12.1. The number of carbonyl (C=O) groups is 1. The number of aryl methyl sites for hydroxylation is 1. The van der Waals surface area contributed by atoms with Gasteiger partial charge >= 0.3 is 0 Å². The van der Waals surface area contributed by atoms with Gasteiger partial charge in [-0.05, 0) is 12.1 Å². The van der Waals surface area contributed by atoms with Crippen LogP contribution in [-0.2, 0) is 11.2 Å². The summed E-state index contributed by atoms with van der Waals surface area (Å²) in [5.41, 5.74) is 1.10. The number of aromatic nitrogens is 2. The summed E-state index contributed by atoms with van der Waals surface area (Å²) < 4.78 is 2.06. The van der Waals surface area contributed by atoms with E-state index in [0.717, 1.165) is 23.7 Å². The Bertz CT molecular complexity index is 493. The molecule has 0 aliphatic rings. The van der Waals surface area contributed by atoms with Gasteiger partial charge < -0.3 is 4.57 Å². The SMILES string of the molecule is CC(=O)SCCc1nccn1-c1ccccc1. The molecule has 0 atom stereocenters. The van der Waals surface area contributed by atoms with E-state index in [0.29, 0.717) is 0 Å². The monoisotopic (exact) mass is 246 g/mol. The number of thioether (sulfide) groups is 1. The van der Waals surface area contributed by atoms with Crippen molar-refractivity contribution in [3.8, 4) is 5.69 Å². The van der Waals surface area contributed by atoms with Crippen molar-refractivity contribution in [1.82, 2.24) is 9.55 Å². The summed E-state index contributed by atoms with van der Waals surface area (Å²) in [6.45, 7) is 1.59. The molecular formula is C13H14N2OS. The Morgan fingerprint density at radius 1 is 1.35 bits per heavy atom. The molecule has 0 unspecified atom stereocenters. The minimum absolute atomic E-state index is 0.155. The molecule has 0 radical (unpaired) electrons. The van der Waals surface area contributed by atoms with Gasteiger partial charge in [-0.15, -0.1) is 0 Å². The van der Waals surface area contributed by atoms with Gasteiger partial charge in [0.1, 0.15) is 5.82 Å². The molecule has 2 rings (SSSR count). The fourth-order valence-corrected chi connectivity index (χ4v) is 2.20. The van der Waals surface area contributed by atoms with Gasteiger partial charge in [-0.2, -0.15) is 0 Å². The lowest BCUT2D eigenvalue weighted by molar-refractivity contribution is -0.109. The van der Waals surface area contributed by atoms with Crippen molar-refractivity contribution in [3.05, 3.63) is 48.5 Å².